The van der Waals surface area contributed by atoms with E-state index in [1.54, 1.807) is 140 Å². The standard InChI is InChI=1S/C15H23N5O2S2.C13H24N4O4S.C11H23N5O2.C11H22N4O3.C11H22N4O2S/c1-3-7-18-9-11(14(16)21)20-15(22)12(17-2)10-23-24-13-6-4-5-8-19-13;1-4-5-16-6-9(12(14)19)17-13(20)10(15-2)7-22-8-11(18)21-3;1-4-5-15-7-8(10(12)17)16-11(18)9(14-3)6-13-2;2*1-4-5-14-6-8(10(12)16)15-11(17)9(13-2)7-18-3/h3-8,11-12,17-18H,9-10H2,1-2H3,(H2,16,21)(H,20,22);4-5,9-10,15-16H,6-8H2,1-3H3,(H2,14,19)(H,17,20);4-5,8-9,13-15H,6-7H2,1-3H3,(H2,12,17)(H,16,18);2*4-5,8-9,13-14H,6-7H2,1-3H3,(H2,12,16)(H,15,17)/t11-,12-;9-,10-;3*8-,9-/m00000/s1/i/hT5. The number of esters is 1. The van der Waals surface area contributed by atoms with E-state index in [1.165, 1.54) is 59.3 Å². The SMILES string of the molecule is [3H]NC(=O)[C@H](CNC=CC)NC(=O)[C@H](CNC)NC.[3H]NC(=O)[C@H](CNC=CC)NC(=O)[C@H](COC)NC.[3H]NC(=O)[C@H](CNC=CC)NC(=O)[C@H](CSC)NC.[3H]NC(=O)[C@H](CNC=CC)NC(=O)[C@H](CSCC(=O)OC)NC.[3H]NC(=O)[C@H](CNC=CC)NC(=O)[C@H](CSSc1ccccn1)NC. The molecule has 0 radical (unpaired) electrons. The Hall–Kier alpha value is -7.86. The molecule has 0 saturated carbocycles. The minimum absolute atomic E-state index is 0.140. The molecule has 0 fully saturated rings. The summed E-state index contributed by atoms with van der Waals surface area (Å²) >= 11 is 2.79. The Morgan fingerprint density at radius 1 is 0.460 bits per heavy atom. The average molecular weight is 1500 g/mol. The predicted molar refractivity (Wildman–Crippen MR) is 400 cm³/mol. The van der Waals surface area contributed by atoms with Gasteiger partial charge in [0.25, 0.3) is 0 Å². The number of carbonyl (C=O) groups excluding carboxylic acids is 11. The quantitative estimate of drug-likeness (QED) is 0.0214. The van der Waals surface area contributed by atoms with Gasteiger partial charge in [-0.2, -0.15) is 11.8 Å². The van der Waals surface area contributed by atoms with E-state index in [1.807, 2.05) is 57.9 Å². The highest BCUT2D eigenvalue weighted by Crippen LogP contribution is 2.29. The van der Waals surface area contributed by atoms with E-state index < -0.39 is 83.9 Å². The van der Waals surface area contributed by atoms with Gasteiger partial charge in [0.2, 0.25) is 59.1 Å². The van der Waals surface area contributed by atoms with Crippen LogP contribution in [0, 0.1) is 0 Å². The van der Waals surface area contributed by atoms with Gasteiger partial charge in [0.15, 0.2) is 7.06 Å². The van der Waals surface area contributed by atoms with Crippen molar-refractivity contribution < 1.29 is 69.3 Å². The first-order valence-electron chi connectivity index (χ1n) is 33.6. The number of nitrogens with two attached hydrogens (primary N) is 5. The maximum absolute atomic E-state index is 12.4. The van der Waals surface area contributed by atoms with Crippen LogP contribution in [0.2, 0.25) is 7.06 Å². The van der Waals surface area contributed by atoms with Crippen molar-refractivity contribution in [3.8, 4) is 0 Å². The Bertz CT molecular complexity index is 2600. The molecule has 1 heterocycles. The molecule has 1 aromatic rings. The number of hydrogen-bond acceptors (Lipinski definition) is 29. The molecule has 0 unspecified atom stereocenters. The number of amides is 10. The molecule has 10 amide bonds. The third-order valence-electron chi connectivity index (χ3n) is 12.3. The summed E-state index contributed by atoms with van der Waals surface area (Å²) in [5, 5.41) is 45.4. The van der Waals surface area contributed by atoms with Crippen LogP contribution >= 0.6 is 45.1 Å². The van der Waals surface area contributed by atoms with Crippen molar-refractivity contribution in [2.45, 2.75) is 100 Å². The van der Waals surface area contributed by atoms with Gasteiger partial charge in [-0.3, -0.25) is 52.7 Å². The zero-order valence-corrected chi connectivity index (χ0v) is 62.8. The van der Waals surface area contributed by atoms with Crippen LogP contribution in [0.25, 0.3) is 0 Å². The number of thioether (sulfide) groups is 2. The number of carbonyl (C=O) groups is 11. The van der Waals surface area contributed by atoms with Gasteiger partial charge in [0, 0.05) is 69.8 Å². The van der Waals surface area contributed by atoms with Crippen LogP contribution in [0.4, 0.5) is 0 Å². The number of rotatable bonds is 49. The Kier molecular flexibility index (Phi) is 58.0. The zero-order valence-electron chi connectivity index (χ0n) is 64.5. The first-order chi connectivity index (χ1) is 50.4. The minimum Gasteiger partial charge on any atom is -0.468 e. The molecule has 26 N–H and O–H groups in total. The van der Waals surface area contributed by atoms with Crippen molar-refractivity contribution in [1.82, 2.24) is 90.1 Å². The summed E-state index contributed by atoms with van der Waals surface area (Å²) in [7, 11) is 15.8. The summed E-state index contributed by atoms with van der Waals surface area (Å²) in [6, 6.07) is -0.856. The van der Waals surface area contributed by atoms with E-state index in [2.05, 4.69) is 94.8 Å². The molecular weight excluding hydrogens is 1380 g/mol. The Labute approximate surface area is 612 Å². The van der Waals surface area contributed by atoms with E-state index in [9.17, 15) is 52.7 Å². The number of hydrogen-bond donors (Lipinski definition) is 21. The van der Waals surface area contributed by atoms with Crippen molar-refractivity contribution in [1.29, 1.82) is 0 Å². The topological polar surface area (TPSA) is 542 Å². The first kappa shape index (κ1) is 88.2. The minimum atomic E-state index is -0.877. The first-order valence-corrected chi connectivity index (χ1v) is 36.0. The smallest absolute Gasteiger partial charge is 0.315 e. The fourth-order valence-corrected chi connectivity index (χ4v) is 10.6. The second-order valence-electron chi connectivity index (χ2n) is 20.0. The highest BCUT2D eigenvalue weighted by molar-refractivity contribution is 8.76. The Morgan fingerprint density at radius 3 is 1.07 bits per heavy atom. The maximum atomic E-state index is 12.4. The summed E-state index contributed by atoms with van der Waals surface area (Å²) in [5.41, 5.74) is 8.92. The molecule has 0 saturated heterocycles. The molecule has 0 spiro atoms. The lowest BCUT2D eigenvalue weighted by Crippen LogP contribution is -2.56. The normalized spacial score (nSPS) is 14.3. The van der Waals surface area contributed by atoms with E-state index in [0.29, 0.717) is 23.8 Å². The summed E-state index contributed by atoms with van der Waals surface area (Å²) < 4.78 is 44.0. The van der Waals surface area contributed by atoms with Crippen LogP contribution in [-0.4, -0.2) is 262 Å². The van der Waals surface area contributed by atoms with Gasteiger partial charge in [0.05, 0.1) is 43.6 Å². The number of pyridine rings is 1. The third-order valence-corrected chi connectivity index (χ3v) is 16.3. The third kappa shape index (κ3) is 51.3. The molecule has 0 aliphatic heterocycles. The maximum Gasteiger partial charge on any atom is 0.315 e. The average Bonchev–Trinajstić information content (AvgIpc) is 0.979. The number of allylic oxidation sites excluding steroid dienone is 5. The van der Waals surface area contributed by atoms with Crippen LogP contribution in [-0.2, 0) is 62.2 Å². The van der Waals surface area contributed by atoms with Gasteiger partial charge in [-0.25, -0.2) is 4.98 Å². The van der Waals surface area contributed by atoms with Crippen LogP contribution in [0.5, 0.6) is 0 Å². The summed E-state index contributed by atoms with van der Waals surface area (Å²) in [5.74, 6) is -3.27. The molecule has 0 aliphatic carbocycles. The number of aromatic nitrogens is 1. The molecule has 100 heavy (non-hydrogen) atoms. The number of methoxy groups -OCH3 is 2. The highest BCUT2D eigenvalue weighted by atomic mass is 33.1. The van der Waals surface area contributed by atoms with E-state index >= 15 is 0 Å². The Morgan fingerprint density at radius 2 is 0.790 bits per heavy atom. The van der Waals surface area contributed by atoms with Crippen LogP contribution < -0.4 is 114 Å². The van der Waals surface area contributed by atoms with Gasteiger partial charge >= 0.3 is 5.97 Å². The molecule has 0 bridgehead atoms. The lowest BCUT2D eigenvalue weighted by Gasteiger charge is -2.20. The van der Waals surface area contributed by atoms with Crippen molar-refractivity contribution in [2.24, 2.45) is 28.6 Å². The molecular formula is C61H114N22O13S4. The molecule has 0 aromatic carbocycles. The Balaban J connectivity index is -0.000000610. The van der Waals surface area contributed by atoms with Crippen molar-refractivity contribution in [3.05, 3.63) is 85.8 Å². The molecule has 1 aromatic heterocycles. The van der Waals surface area contributed by atoms with Crippen molar-refractivity contribution >= 4 is 110 Å². The molecule has 39 heteroatoms. The van der Waals surface area contributed by atoms with Crippen molar-refractivity contribution in [2.75, 3.05) is 132 Å². The van der Waals surface area contributed by atoms with Crippen LogP contribution in [0.1, 0.15) is 34.6 Å². The van der Waals surface area contributed by atoms with Crippen LogP contribution in [0.15, 0.2) is 90.8 Å². The van der Waals surface area contributed by atoms with Gasteiger partial charge in [-0.05, 0) is 137 Å². The van der Waals surface area contributed by atoms with Gasteiger partial charge < -0.3 is 123 Å². The molecule has 10 atom stereocenters. The van der Waals surface area contributed by atoms with E-state index in [0.717, 1.165) is 5.03 Å². The number of primary amides is 5. The van der Waals surface area contributed by atoms with Crippen molar-refractivity contribution in [3.63, 3.8) is 0 Å². The van der Waals surface area contributed by atoms with Gasteiger partial charge in [-0.1, -0.05) is 47.2 Å². The van der Waals surface area contributed by atoms with E-state index in [-0.39, 0.29) is 86.6 Å². The number of likely N-dealkylation sites (N-methyl/N-ethyl adjacent to an activating group) is 6. The second-order valence-corrected chi connectivity index (χ2v) is 24.3. The summed E-state index contributed by atoms with van der Waals surface area (Å²) in [4.78, 5) is 133. The number of ether oxygens (including phenoxy) is 2. The lowest BCUT2D eigenvalue weighted by atomic mass is 10.2. The van der Waals surface area contributed by atoms with Crippen LogP contribution in [0.3, 0.4) is 0 Å². The fourth-order valence-electron chi connectivity index (χ4n) is 6.83. The van der Waals surface area contributed by atoms with Gasteiger partial charge in [0.1, 0.15) is 41.3 Å². The largest absolute Gasteiger partial charge is 0.468 e. The van der Waals surface area contributed by atoms with E-state index in [4.69, 9.17) is 11.8 Å². The molecule has 0 aliphatic rings. The summed E-state index contributed by atoms with van der Waals surface area (Å²) in [6.45, 7) is 10.8. The lowest BCUT2D eigenvalue weighted by molar-refractivity contribution is -0.137. The number of nitrogens with one attached hydrogen (secondary N) is 16. The molecule has 570 valence electrons. The summed E-state index contributed by atoms with van der Waals surface area (Å²) in [6.07, 6.45) is 20.8. The fraction of sp³-hybridized carbons (Fsp3) is 0.574. The zero-order chi connectivity index (χ0) is 80.2. The highest BCUT2D eigenvalue weighted by Gasteiger charge is 2.27. The number of nitrogens with zero attached hydrogens (tertiary/aromatic N) is 1. The van der Waals surface area contributed by atoms with Gasteiger partial charge in [-0.15, -0.1) is 11.8 Å². The second kappa shape index (κ2) is 65.7. The predicted octanol–water partition coefficient (Wildman–Crippen LogP) is -5.69. The molecule has 35 nitrogen and oxygen atoms in total. The monoisotopic (exact) mass is 1500 g/mol. The molecule has 1 rings (SSSR count).